The van der Waals surface area contributed by atoms with Gasteiger partial charge in [-0.3, -0.25) is 19.3 Å². The average Bonchev–Trinajstić information content (AvgIpc) is 3.41. The SMILES string of the molecule is O=C(Nc1nc2c(s1)CN(S(=O)(=O)CCN1C(=O)CCCC1=O)CC2)C1CC1. The Kier molecular flexibility index (Phi) is 5.23. The smallest absolute Gasteiger partial charge is 0.229 e. The lowest BCUT2D eigenvalue weighted by atomic mass is 10.1. The molecule has 1 N–H and O–H groups in total. The van der Waals surface area contributed by atoms with Crippen LogP contribution in [0.5, 0.6) is 0 Å². The van der Waals surface area contributed by atoms with Crippen molar-refractivity contribution in [1.29, 1.82) is 0 Å². The molecule has 0 spiro atoms. The standard InChI is InChI=1S/C17H22N4O5S2/c22-14-2-1-3-15(23)21(14)8-9-28(25,26)20-7-6-12-13(10-20)27-17(18-12)19-16(24)11-4-5-11/h11H,1-10H2,(H,18,19,24). The van der Waals surface area contributed by atoms with E-state index in [1.165, 1.54) is 15.6 Å². The van der Waals surface area contributed by atoms with E-state index in [1.807, 2.05) is 0 Å². The van der Waals surface area contributed by atoms with E-state index in [9.17, 15) is 22.8 Å². The summed E-state index contributed by atoms with van der Waals surface area (Å²) in [5.41, 5.74) is 0.823. The third-order valence-corrected chi connectivity index (χ3v) is 8.02. The minimum atomic E-state index is -3.61. The van der Waals surface area contributed by atoms with Crippen molar-refractivity contribution in [2.75, 3.05) is 24.2 Å². The zero-order valence-electron chi connectivity index (χ0n) is 15.3. The van der Waals surface area contributed by atoms with Gasteiger partial charge in [-0.1, -0.05) is 0 Å². The number of piperidine rings is 1. The zero-order chi connectivity index (χ0) is 19.9. The Hall–Kier alpha value is -1.85. The molecule has 9 nitrogen and oxygen atoms in total. The van der Waals surface area contributed by atoms with E-state index in [4.69, 9.17) is 0 Å². The first-order valence-electron chi connectivity index (χ1n) is 9.44. The van der Waals surface area contributed by atoms with Crippen molar-refractivity contribution in [3.05, 3.63) is 10.6 Å². The lowest BCUT2D eigenvalue weighted by Gasteiger charge is -2.28. The average molecular weight is 427 g/mol. The van der Waals surface area contributed by atoms with Crippen LogP contribution in [0.15, 0.2) is 0 Å². The summed E-state index contributed by atoms with van der Waals surface area (Å²) < 4.78 is 26.8. The first-order chi connectivity index (χ1) is 13.3. The van der Waals surface area contributed by atoms with Gasteiger partial charge in [0.15, 0.2) is 5.13 Å². The Balaban J connectivity index is 1.38. The van der Waals surface area contributed by atoms with Gasteiger partial charge in [-0.05, 0) is 19.3 Å². The summed E-state index contributed by atoms with van der Waals surface area (Å²) in [4.78, 5) is 41.9. The quantitative estimate of drug-likeness (QED) is 0.670. The summed E-state index contributed by atoms with van der Waals surface area (Å²) in [6.07, 6.45) is 3.40. The largest absolute Gasteiger partial charge is 0.302 e. The fraction of sp³-hybridized carbons (Fsp3) is 0.647. The molecule has 3 amide bonds. The molecule has 11 heteroatoms. The molecule has 0 bridgehead atoms. The number of carbonyl (C=O) groups is 3. The van der Waals surface area contributed by atoms with E-state index in [1.54, 1.807) is 0 Å². The number of nitrogens with one attached hydrogen (secondary N) is 1. The van der Waals surface area contributed by atoms with Crippen LogP contribution in [0, 0.1) is 5.92 Å². The Bertz CT molecular complexity index is 906. The predicted molar refractivity (Wildman–Crippen MR) is 102 cm³/mol. The number of hydrogen-bond donors (Lipinski definition) is 1. The number of fused-ring (bicyclic) bond motifs is 1. The normalized spacial score (nSPS) is 20.9. The van der Waals surface area contributed by atoms with Gasteiger partial charge in [-0.2, -0.15) is 4.31 Å². The lowest BCUT2D eigenvalue weighted by molar-refractivity contribution is -0.147. The highest BCUT2D eigenvalue weighted by molar-refractivity contribution is 7.89. The maximum absolute atomic E-state index is 12.7. The van der Waals surface area contributed by atoms with Gasteiger partial charge in [0.1, 0.15) is 0 Å². The van der Waals surface area contributed by atoms with E-state index in [2.05, 4.69) is 10.3 Å². The third kappa shape index (κ3) is 4.11. The number of sulfonamides is 1. The summed E-state index contributed by atoms with van der Waals surface area (Å²) in [7, 11) is -3.61. The molecule has 1 saturated carbocycles. The zero-order valence-corrected chi connectivity index (χ0v) is 17.0. The van der Waals surface area contributed by atoms with Gasteiger partial charge in [-0.25, -0.2) is 13.4 Å². The van der Waals surface area contributed by atoms with Crippen LogP contribution in [-0.4, -0.2) is 59.2 Å². The van der Waals surface area contributed by atoms with Crippen LogP contribution in [0.2, 0.25) is 0 Å². The molecule has 0 unspecified atom stereocenters. The first kappa shape index (κ1) is 19.5. The number of imide groups is 1. The monoisotopic (exact) mass is 426 g/mol. The minimum Gasteiger partial charge on any atom is -0.302 e. The van der Waals surface area contributed by atoms with Crippen molar-refractivity contribution in [1.82, 2.24) is 14.2 Å². The second kappa shape index (κ2) is 7.53. The van der Waals surface area contributed by atoms with Gasteiger partial charge in [-0.15, -0.1) is 11.3 Å². The van der Waals surface area contributed by atoms with E-state index in [-0.39, 0.29) is 55.3 Å². The summed E-state index contributed by atoms with van der Waals surface area (Å²) in [6, 6.07) is 0. The third-order valence-electron chi connectivity index (χ3n) is 5.22. The highest BCUT2D eigenvalue weighted by Gasteiger charge is 2.33. The molecular formula is C17H22N4O5S2. The van der Waals surface area contributed by atoms with Crippen LogP contribution in [0.1, 0.15) is 42.7 Å². The fourth-order valence-electron chi connectivity index (χ4n) is 3.40. The summed E-state index contributed by atoms with van der Waals surface area (Å²) >= 11 is 1.31. The molecule has 2 fully saturated rings. The molecule has 1 aromatic rings. The van der Waals surface area contributed by atoms with Crippen molar-refractivity contribution in [3.63, 3.8) is 0 Å². The van der Waals surface area contributed by atoms with Gasteiger partial charge in [0, 0.05) is 49.7 Å². The van der Waals surface area contributed by atoms with Crippen LogP contribution in [0.25, 0.3) is 0 Å². The number of carbonyl (C=O) groups excluding carboxylic acids is 3. The topological polar surface area (TPSA) is 117 Å². The number of amides is 3. The van der Waals surface area contributed by atoms with Crippen LogP contribution in [-0.2, 0) is 37.4 Å². The summed E-state index contributed by atoms with van der Waals surface area (Å²) in [5.74, 6) is -0.814. The highest BCUT2D eigenvalue weighted by atomic mass is 32.2. The van der Waals surface area contributed by atoms with E-state index < -0.39 is 10.0 Å². The number of thiazole rings is 1. The molecule has 0 aromatic carbocycles. The van der Waals surface area contributed by atoms with E-state index in [0.29, 0.717) is 24.5 Å². The molecule has 1 aliphatic carbocycles. The number of anilines is 1. The van der Waals surface area contributed by atoms with Crippen LogP contribution >= 0.6 is 11.3 Å². The molecule has 2 aliphatic heterocycles. The second-order valence-corrected chi connectivity index (χ2v) is 10.5. The van der Waals surface area contributed by atoms with Crippen LogP contribution in [0.3, 0.4) is 0 Å². The Labute approximate surface area is 167 Å². The maximum Gasteiger partial charge on any atom is 0.229 e. The van der Waals surface area contributed by atoms with Crippen molar-refractivity contribution in [3.8, 4) is 0 Å². The van der Waals surface area contributed by atoms with Crippen molar-refractivity contribution in [2.24, 2.45) is 5.92 Å². The summed E-state index contributed by atoms with van der Waals surface area (Å²) in [6.45, 7) is 0.405. The van der Waals surface area contributed by atoms with Crippen molar-refractivity contribution < 1.29 is 22.8 Å². The maximum atomic E-state index is 12.7. The molecule has 152 valence electrons. The second-order valence-electron chi connectivity index (χ2n) is 7.34. The summed E-state index contributed by atoms with van der Waals surface area (Å²) in [5, 5.41) is 3.33. The fourth-order valence-corrected chi connectivity index (χ4v) is 5.88. The number of aromatic nitrogens is 1. The molecule has 0 radical (unpaired) electrons. The van der Waals surface area contributed by atoms with E-state index >= 15 is 0 Å². The number of rotatable bonds is 6. The molecular weight excluding hydrogens is 404 g/mol. The lowest BCUT2D eigenvalue weighted by Crippen LogP contribution is -2.45. The van der Waals surface area contributed by atoms with Crippen LogP contribution in [0.4, 0.5) is 5.13 Å². The molecule has 4 rings (SSSR count). The molecule has 3 aliphatic rings. The predicted octanol–water partition coefficient (Wildman–Crippen LogP) is 0.719. The van der Waals surface area contributed by atoms with Crippen molar-refractivity contribution in [2.45, 2.75) is 45.1 Å². The van der Waals surface area contributed by atoms with E-state index in [0.717, 1.165) is 28.3 Å². The molecule has 1 saturated heterocycles. The van der Waals surface area contributed by atoms with Crippen LogP contribution < -0.4 is 5.32 Å². The number of hydrogen-bond acceptors (Lipinski definition) is 7. The number of nitrogens with zero attached hydrogens (tertiary/aromatic N) is 3. The Morgan fingerprint density at radius 1 is 1.18 bits per heavy atom. The molecule has 3 heterocycles. The van der Waals surface area contributed by atoms with Gasteiger partial charge < -0.3 is 5.32 Å². The Morgan fingerprint density at radius 3 is 2.57 bits per heavy atom. The first-order valence-corrected chi connectivity index (χ1v) is 11.9. The number of likely N-dealkylation sites (tertiary alicyclic amines) is 1. The van der Waals surface area contributed by atoms with Gasteiger partial charge in [0.2, 0.25) is 27.7 Å². The molecule has 28 heavy (non-hydrogen) atoms. The van der Waals surface area contributed by atoms with Gasteiger partial charge >= 0.3 is 0 Å². The minimum absolute atomic E-state index is 0.0218. The van der Waals surface area contributed by atoms with Gasteiger partial charge in [0.05, 0.1) is 11.4 Å². The molecule has 0 atom stereocenters. The molecule has 1 aromatic heterocycles. The van der Waals surface area contributed by atoms with Crippen molar-refractivity contribution >= 4 is 44.2 Å². The Morgan fingerprint density at radius 2 is 1.89 bits per heavy atom. The highest BCUT2D eigenvalue weighted by Crippen LogP contribution is 2.33. The van der Waals surface area contributed by atoms with Gasteiger partial charge in [0.25, 0.3) is 0 Å².